The highest BCUT2D eigenvalue weighted by atomic mass is 19.4. The van der Waals surface area contributed by atoms with Gasteiger partial charge in [0.2, 0.25) is 0 Å². The second-order valence-electron chi connectivity index (χ2n) is 8.93. The van der Waals surface area contributed by atoms with Gasteiger partial charge in [-0.1, -0.05) is 48.5 Å². The van der Waals surface area contributed by atoms with Crippen molar-refractivity contribution in [1.82, 2.24) is 5.32 Å². The summed E-state index contributed by atoms with van der Waals surface area (Å²) in [5, 5.41) is 2.54. The smallest absolute Gasteiger partial charge is 0.445 e. The Balaban J connectivity index is 1.83. The summed E-state index contributed by atoms with van der Waals surface area (Å²) in [5.74, 6) is -1.42. The number of benzene rings is 2. The van der Waals surface area contributed by atoms with Crippen LogP contribution in [0.5, 0.6) is 0 Å². The molecule has 1 fully saturated rings. The van der Waals surface area contributed by atoms with Crippen molar-refractivity contribution in [2.75, 3.05) is 6.54 Å². The summed E-state index contributed by atoms with van der Waals surface area (Å²) in [6, 6.07) is 12.0. The van der Waals surface area contributed by atoms with E-state index < -0.39 is 42.0 Å². The van der Waals surface area contributed by atoms with Gasteiger partial charge in [0.05, 0.1) is 16.8 Å². The number of hydrogen-bond donors (Lipinski definition) is 1. The fourth-order valence-corrected chi connectivity index (χ4v) is 3.23. The fourth-order valence-electron chi connectivity index (χ4n) is 3.23. The average Bonchev–Trinajstić information content (AvgIpc) is 2.97. The summed E-state index contributed by atoms with van der Waals surface area (Å²) < 4.78 is 71.3. The molecule has 0 aliphatic carbocycles. The highest BCUT2D eigenvalue weighted by molar-refractivity contribution is 6.56. The molecule has 1 N–H and O–H groups in total. The van der Waals surface area contributed by atoms with Crippen molar-refractivity contribution in [3.05, 3.63) is 76.5 Å². The maximum absolute atomic E-state index is 14.7. The van der Waals surface area contributed by atoms with Crippen LogP contribution < -0.4 is 5.32 Å². The van der Waals surface area contributed by atoms with Gasteiger partial charge in [-0.05, 0) is 44.8 Å². The van der Waals surface area contributed by atoms with Crippen LogP contribution in [-0.2, 0) is 26.8 Å². The Morgan fingerprint density at radius 1 is 1.03 bits per heavy atom. The number of carbonyl (C=O) groups is 1. The van der Waals surface area contributed by atoms with Gasteiger partial charge < -0.3 is 19.4 Å². The molecule has 0 atom stereocenters. The predicted molar refractivity (Wildman–Crippen MR) is 120 cm³/mol. The van der Waals surface area contributed by atoms with Crippen molar-refractivity contribution < 1.29 is 36.4 Å². The van der Waals surface area contributed by atoms with E-state index in [1.807, 2.05) is 6.07 Å². The molecule has 0 saturated carbocycles. The van der Waals surface area contributed by atoms with Crippen molar-refractivity contribution in [2.45, 2.75) is 51.7 Å². The third-order valence-corrected chi connectivity index (χ3v) is 5.88. The molecule has 10 heteroatoms. The number of nitrogens with one attached hydrogen (secondary N) is 1. The predicted octanol–water partition coefficient (Wildman–Crippen LogP) is 5.79. The lowest BCUT2D eigenvalue weighted by Crippen LogP contribution is -2.41. The minimum atomic E-state index is -4.85. The van der Waals surface area contributed by atoms with E-state index in [1.54, 1.807) is 52.0 Å². The lowest BCUT2D eigenvalue weighted by Gasteiger charge is -2.32. The molecule has 0 radical (unpaired) electrons. The monoisotopic (exact) mass is 479 g/mol. The highest BCUT2D eigenvalue weighted by Crippen LogP contribution is 2.39. The van der Waals surface area contributed by atoms with Crippen LogP contribution >= 0.6 is 0 Å². The molecule has 0 aromatic heterocycles. The molecule has 1 saturated heterocycles. The van der Waals surface area contributed by atoms with E-state index in [0.29, 0.717) is 6.07 Å². The summed E-state index contributed by atoms with van der Waals surface area (Å²) in [6.45, 7) is 7.05. The van der Waals surface area contributed by atoms with Crippen LogP contribution in [0, 0.1) is 5.82 Å². The quantitative estimate of drug-likeness (QED) is 0.421. The van der Waals surface area contributed by atoms with Gasteiger partial charge in [-0.2, -0.15) is 13.2 Å². The Kier molecular flexibility index (Phi) is 7.42. The molecule has 34 heavy (non-hydrogen) atoms. The van der Waals surface area contributed by atoms with Crippen LogP contribution in [0.15, 0.2) is 54.0 Å². The fraction of sp³-hybridized carbons (Fsp3) is 0.375. The Morgan fingerprint density at radius 3 is 2.24 bits per heavy atom. The molecule has 0 bridgehead atoms. The van der Waals surface area contributed by atoms with Crippen LogP contribution in [-0.4, -0.2) is 31.0 Å². The maximum atomic E-state index is 14.7. The van der Waals surface area contributed by atoms with Crippen molar-refractivity contribution in [1.29, 1.82) is 0 Å². The number of alkyl carbamates (subject to hydrolysis) is 1. The number of rotatable bonds is 6. The highest BCUT2D eigenvalue weighted by Gasteiger charge is 2.52. The van der Waals surface area contributed by atoms with E-state index in [0.717, 1.165) is 11.6 Å². The number of ether oxygens (including phenoxy) is 1. The Morgan fingerprint density at radius 2 is 1.65 bits per heavy atom. The molecular weight excluding hydrogens is 453 g/mol. The van der Waals surface area contributed by atoms with Crippen molar-refractivity contribution in [3.8, 4) is 0 Å². The minimum absolute atomic E-state index is 0.0322. The molecule has 1 aliphatic rings. The normalized spacial score (nSPS) is 17.5. The van der Waals surface area contributed by atoms with Crippen molar-refractivity contribution in [2.24, 2.45) is 0 Å². The first-order chi connectivity index (χ1) is 15.8. The van der Waals surface area contributed by atoms with Crippen LogP contribution in [0.25, 0.3) is 6.08 Å². The Bertz CT molecular complexity index is 1040. The summed E-state index contributed by atoms with van der Waals surface area (Å²) in [4.78, 5) is 12.2. The van der Waals surface area contributed by atoms with E-state index >= 15 is 0 Å². The lowest BCUT2D eigenvalue weighted by atomic mass is 9.77. The number of carbonyl (C=O) groups excluding carboxylic acids is 1. The number of halogens is 4. The molecule has 0 unspecified atom stereocenters. The van der Waals surface area contributed by atoms with Crippen molar-refractivity contribution >= 4 is 19.3 Å². The summed E-state index contributed by atoms with van der Waals surface area (Å²) in [6.07, 6.45) is -4.40. The second kappa shape index (κ2) is 9.80. The zero-order valence-electron chi connectivity index (χ0n) is 19.3. The van der Waals surface area contributed by atoms with Crippen LogP contribution in [0.3, 0.4) is 0 Å². The van der Waals surface area contributed by atoms with Gasteiger partial charge in [0.1, 0.15) is 12.4 Å². The molecule has 1 amide bonds. The molecule has 0 spiro atoms. The van der Waals surface area contributed by atoms with E-state index in [-0.39, 0.29) is 24.2 Å². The van der Waals surface area contributed by atoms with E-state index in [1.165, 1.54) is 12.1 Å². The Hall–Kier alpha value is -2.85. The molecule has 2 aromatic rings. The topological polar surface area (TPSA) is 56.8 Å². The molecule has 1 heterocycles. The SMILES string of the molecule is CC1(C)OB(C(=Cc2cccc(C(F)(F)F)c2F)CNC(=O)OCc2ccccc2)OC1(C)C. The zero-order valence-corrected chi connectivity index (χ0v) is 19.3. The number of hydrogen-bond acceptors (Lipinski definition) is 4. The van der Waals surface area contributed by atoms with Crippen LogP contribution in [0.4, 0.5) is 22.4 Å². The molecule has 3 rings (SSSR count). The van der Waals surface area contributed by atoms with Gasteiger partial charge in [0.25, 0.3) is 0 Å². The summed E-state index contributed by atoms with van der Waals surface area (Å²) in [7, 11) is -1.02. The first kappa shape index (κ1) is 25.8. The standard InChI is InChI=1S/C24H26BF4NO4/c1-22(2)23(3,4)34-25(33-22)18(13-17-11-8-12-19(20(17)26)24(27,28)29)14-30-21(31)32-15-16-9-6-5-7-10-16/h5-13H,14-15H2,1-4H3,(H,30,31). The van der Waals surface area contributed by atoms with E-state index in [4.69, 9.17) is 14.0 Å². The molecular formula is C24H26BF4NO4. The third kappa shape index (κ3) is 5.98. The average molecular weight is 479 g/mol. The summed E-state index contributed by atoms with van der Waals surface area (Å²) in [5.41, 5.74) is -2.18. The van der Waals surface area contributed by atoms with Gasteiger partial charge in [0.15, 0.2) is 0 Å². The van der Waals surface area contributed by atoms with Gasteiger partial charge in [-0.15, -0.1) is 0 Å². The summed E-state index contributed by atoms with van der Waals surface area (Å²) >= 11 is 0. The van der Waals surface area contributed by atoms with Crippen LogP contribution in [0.1, 0.15) is 44.4 Å². The molecule has 5 nitrogen and oxygen atoms in total. The number of alkyl halides is 3. The van der Waals surface area contributed by atoms with E-state index in [9.17, 15) is 22.4 Å². The minimum Gasteiger partial charge on any atom is -0.445 e. The maximum Gasteiger partial charge on any atom is 0.492 e. The first-order valence-corrected chi connectivity index (χ1v) is 10.7. The lowest BCUT2D eigenvalue weighted by molar-refractivity contribution is -0.140. The van der Waals surface area contributed by atoms with Crippen molar-refractivity contribution in [3.63, 3.8) is 0 Å². The van der Waals surface area contributed by atoms with Gasteiger partial charge in [-0.25, -0.2) is 9.18 Å². The third-order valence-electron chi connectivity index (χ3n) is 5.88. The molecule has 182 valence electrons. The van der Waals surface area contributed by atoms with E-state index in [2.05, 4.69) is 5.32 Å². The van der Waals surface area contributed by atoms with Crippen LogP contribution in [0.2, 0.25) is 0 Å². The molecule has 1 aliphatic heterocycles. The van der Waals surface area contributed by atoms with Gasteiger partial charge >= 0.3 is 19.4 Å². The van der Waals surface area contributed by atoms with Gasteiger partial charge in [0, 0.05) is 12.1 Å². The number of amides is 1. The largest absolute Gasteiger partial charge is 0.492 e. The first-order valence-electron chi connectivity index (χ1n) is 10.7. The molecule has 2 aromatic carbocycles. The second-order valence-corrected chi connectivity index (χ2v) is 8.93. The zero-order chi connectivity index (χ0) is 25.1. The van der Waals surface area contributed by atoms with Gasteiger partial charge in [-0.3, -0.25) is 0 Å². The Labute approximate surface area is 196 Å².